The van der Waals surface area contributed by atoms with E-state index in [1.54, 1.807) is 28.9 Å². The predicted molar refractivity (Wildman–Crippen MR) is 97.4 cm³/mol. The first-order valence-electron chi connectivity index (χ1n) is 7.26. The summed E-state index contributed by atoms with van der Waals surface area (Å²) >= 11 is 12.4. The van der Waals surface area contributed by atoms with Crippen molar-refractivity contribution in [2.45, 2.75) is 19.9 Å². The van der Waals surface area contributed by atoms with Crippen molar-refractivity contribution in [3.8, 4) is 5.75 Å². The normalized spacial score (nSPS) is 10.8. The van der Waals surface area contributed by atoms with Gasteiger partial charge in [0.25, 0.3) is 0 Å². The van der Waals surface area contributed by atoms with Gasteiger partial charge in [0, 0.05) is 78.4 Å². The molecule has 0 saturated carbocycles. The van der Waals surface area contributed by atoms with E-state index in [4.69, 9.17) is 23.2 Å². The number of carbonyl (C=O) groups excluding carboxylic acids is 1. The average molecular weight is 424 g/mol. The summed E-state index contributed by atoms with van der Waals surface area (Å²) in [5, 5.41) is 6.23. The number of carbonyl (C=O) groups is 1. The number of hydrogen-bond donors (Lipinski definition) is 0. The molecule has 9 heteroatoms. The molecule has 0 aliphatic carbocycles. The van der Waals surface area contributed by atoms with E-state index in [9.17, 15) is 13.6 Å². The molecule has 0 aliphatic rings. The molecule has 0 fully saturated rings. The van der Waals surface area contributed by atoms with Crippen molar-refractivity contribution in [3.05, 3.63) is 57.7 Å². The van der Waals surface area contributed by atoms with E-state index in [0.29, 0.717) is 21.1 Å². The van der Waals surface area contributed by atoms with Crippen LogP contribution in [0.2, 0.25) is 10.0 Å². The summed E-state index contributed by atoms with van der Waals surface area (Å²) in [6.07, 6.45) is -3.19. The Morgan fingerprint density at radius 1 is 1.23 bits per heavy atom. The number of halogens is 4. The monoisotopic (exact) mass is 423 g/mol. The Morgan fingerprint density at radius 2 is 1.88 bits per heavy atom. The fourth-order valence-electron chi connectivity index (χ4n) is 2.50. The van der Waals surface area contributed by atoms with Gasteiger partial charge in [0.1, 0.15) is 5.75 Å². The maximum Gasteiger partial charge on any atom is 0.379 e. The zero-order valence-corrected chi connectivity index (χ0v) is 18.6. The Labute approximate surface area is 200 Å². The number of aromatic nitrogens is 2. The molecule has 26 heavy (non-hydrogen) atoms. The van der Waals surface area contributed by atoms with Crippen LogP contribution in [-0.2, 0) is 11.3 Å². The molecule has 4 nitrogen and oxygen atoms in total. The Kier molecular flexibility index (Phi) is 7.61. The molecule has 0 N–H and O–H groups in total. The van der Waals surface area contributed by atoms with E-state index in [2.05, 4.69) is 9.84 Å². The van der Waals surface area contributed by atoms with Gasteiger partial charge in [0.15, 0.2) is 0 Å². The third-order valence-corrected chi connectivity index (χ3v) is 4.38. The summed E-state index contributed by atoms with van der Waals surface area (Å²) in [7, 11) is 0. The van der Waals surface area contributed by atoms with Crippen LogP contribution in [0.1, 0.15) is 11.3 Å². The van der Waals surface area contributed by atoms with Crippen LogP contribution in [-0.4, -0.2) is 73.6 Å². The Balaban J connectivity index is 0.00000243. The predicted octanol–water partition coefficient (Wildman–Crippen LogP) is 4.49. The molecule has 1 aromatic heterocycles. The number of hydrogen-bond acceptors (Lipinski definition) is 3. The SMILES string of the molecule is Cc1nn(Cc2c(Cl)cccc2Cl)c2cc(OC(=O)C(F)F)ccc12.[K]. The summed E-state index contributed by atoms with van der Waals surface area (Å²) in [5.74, 6) is -1.58. The van der Waals surface area contributed by atoms with Crippen molar-refractivity contribution in [2.24, 2.45) is 0 Å². The van der Waals surface area contributed by atoms with Crippen LogP contribution in [0.5, 0.6) is 5.75 Å². The molecule has 0 bridgehead atoms. The molecule has 1 heterocycles. The number of esters is 1. The van der Waals surface area contributed by atoms with E-state index < -0.39 is 12.4 Å². The summed E-state index contributed by atoms with van der Waals surface area (Å²) in [5.41, 5.74) is 2.04. The van der Waals surface area contributed by atoms with Crippen LogP contribution in [0.25, 0.3) is 10.9 Å². The minimum Gasteiger partial charge on any atom is -0.422 e. The maximum absolute atomic E-state index is 12.4. The van der Waals surface area contributed by atoms with Crippen LogP contribution in [0.4, 0.5) is 8.78 Å². The second-order valence-corrected chi connectivity index (χ2v) is 6.16. The smallest absolute Gasteiger partial charge is 0.379 e. The van der Waals surface area contributed by atoms with Gasteiger partial charge in [-0.05, 0) is 31.2 Å². The third kappa shape index (κ3) is 4.65. The fraction of sp³-hybridized carbons (Fsp3) is 0.176. The molecule has 0 unspecified atom stereocenters. The molecule has 3 rings (SSSR count). The number of ether oxygens (including phenoxy) is 1. The van der Waals surface area contributed by atoms with E-state index in [0.717, 1.165) is 11.1 Å². The van der Waals surface area contributed by atoms with Gasteiger partial charge in [-0.1, -0.05) is 29.3 Å². The average Bonchev–Trinajstić information content (AvgIpc) is 2.86. The Bertz CT molecular complexity index is 943. The molecule has 0 spiro atoms. The standard InChI is InChI=1S/C17H12Cl2F2N2O2.K/c1-9-11-6-5-10(25-17(24)16(20)21)7-15(11)23(22-9)8-12-13(18)3-2-4-14(12)19;/h2-7,16H,8H2,1H3;. The summed E-state index contributed by atoms with van der Waals surface area (Å²) in [6, 6.07) is 9.78. The minimum atomic E-state index is -3.19. The first kappa shape index (κ1) is 21.8. The molecule has 0 saturated heterocycles. The number of benzene rings is 2. The molecule has 0 aliphatic heterocycles. The van der Waals surface area contributed by atoms with Crippen LogP contribution in [0, 0.1) is 6.92 Å². The molecule has 3 aromatic rings. The van der Waals surface area contributed by atoms with E-state index in [1.165, 1.54) is 12.1 Å². The molecule has 0 amide bonds. The van der Waals surface area contributed by atoms with E-state index >= 15 is 0 Å². The zero-order chi connectivity index (χ0) is 18.1. The summed E-state index contributed by atoms with van der Waals surface area (Å²) < 4.78 is 31.0. The zero-order valence-electron chi connectivity index (χ0n) is 14.0. The molecule has 2 aromatic carbocycles. The van der Waals surface area contributed by atoms with Gasteiger partial charge in [-0.15, -0.1) is 0 Å². The van der Waals surface area contributed by atoms with Crippen LogP contribution >= 0.6 is 23.2 Å². The molecular formula is C17H12Cl2F2KN2O2. The Morgan fingerprint density at radius 3 is 2.50 bits per heavy atom. The van der Waals surface area contributed by atoms with Crippen molar-refractivity contribution in [1.29, 1.82) is 0 Å². The maximum atomic E-state index is 12.4. The second kappa shape index (κ2) is 9.10. The van der Waals surface area contributed by atoms with Crippen molar-refractivity contribution < 1.29 is 18.3 Å². The van der Waals surface area contributed by atoms with Crippen LogP contribution in [0.3, 0.4) is 0 Å². The van der Waals surface area contributed by atoms with E-state index in [-0.39, 0.29) is 63.7 Å². The minimum absolute atomic E-state index is 0. The third-order valence-electron chi connectivity index (χ3n) is 3.67. The largest absolute Gasteiger partial charge is 0.422 e. The van der Waals surface area contributed by atoms with Crippen molar-refractivity contribution in [3.63, 3.8) is 0 Å². The van der Waals surface area contributed by atoms with Crippen molar-refractivity contribution in [2.75, 3.05) is 0 Å². The van der Waals surface area contributed by atoms with Crippen molar-refractivity contribution >= 4 is 91.5 Å². The number of fused-ring (bicyclic) bond motifs is 1. The topological polar surface area (TPSA) is 44.1 Å². The molecule has 131 valence electrons. The molecular weight excluding hydrogens is 412 g/mol. The van der Waals surface area contributed by atoms with Gasteiger partial charge in [-0.25, -0.2) is 4.79 Å². The Hall–Kier alpha value is -0.544. The van der Waals surface area contributed by atoms with Gasteiger partial charge in [-0.3, -0.25) is 4.68 Å². The van der Waals surface area contributed by atoms with Gasteiger partial charge in [0.05, 0.1) is 17.8 Å². The number of nitrogens with zero attached hydrogens (tertiary/aromatic N) is 2. The molecule has 1 radical (unpaired) electrons. The number of rotatable bonds is 4. The van der Waals surface area contributed by atoms with Crippen LogP contribution in [0.15, 0.2) is 36.4 Å². The van der Waals surface area contributed by atoms with Crippen molar-refractivity contribution in [1.82, 2.24) is 9.78 Å². The second-order valence-electron chi connectivity index (χ2n) is 5.34. The number of aryl methyl sites for hydroxylation is 1. The summed E-state index contributed by atoms with van der Waals surface area (Å²) in [4.78, 5) is 11.1. The van der Waals surface area contributed by atoms with Gasteiger partial charge < -0.3 is 4.74 Å². The van der Waals surface area contributed by atoms with E-state index in [1.807, 2.05) is 6.92 Å². The fourth-order valence-corrected chi connectivity index (χ4v) is 3.01. The van der Waals surface area contributed by atoms with Gasteiger partial charge in [0.2, 0.25) is 0 Å². The molecule has 0 atom stereocenters. The van der Waals surface area contributed by atoms with Gasteiger partial charge in [-0.2, -0.15) is 13.9 Å². The first-order valence-corrected chi connectivity index (χ1v) is 8.02. The summed E-state index contributed by atoms with van der Waals surface area (Å²) in [6.45, 7) is 2.10. The number of alkyl halides is 2. The van der Waals surface area contributed by atoms with Gasteiger partial charge >= 0.3 is 12.4 Å². The van der Waals surface area contributed by atoms with Crippen LogP contribution < -0.4 is 4.74 Å². The quantitative estimate of drug-likeness (QED) is 0.352. The first-order chi connectivity index (χ1) is 11.9.